The van der Waals surface area contributed by atoms with Crippen LogP contribution in [-0.2, 0) is 19.0 Å². The van der Waals surface area contributed by atoms with E-state index in [4.69, 9.17) is 34.8 Å². The fourth-order valence-electron chi connectivity index (χ4n) is 1.86. The van der Waals surface area contributed by atoms with Crippen molar-refractivity contribution in [2.24, 2.45) is 0 Å². The topological polar surface area (TPSA) is 12.0 Å². The lowest BCUT2D eigenvalue weighted by Gasteiger charge is -2.09. The van der Waals surface area contributed by atoms with Crippen LogP contribution in [0.4, 0.5) is 0 Å². The smallest absolute Gasteiger partial charge is 0.0474 e. The van der Waals surface area contributed by atoms with Gasteiger partial charge in [-0.1, -0.05) is 53.5 Å². The summed E-state index contributed by atoms with van der Waals surface area (Å²) in [4.78, 5) is 0. The van der Waals surface area contributed by atoms with Gasteiger partial charge in [-0.2, -0.15) is 0 Å². The normalized spacial score (nSPS) is 10.7. The zero-order valence-corrected chi connectivity index (χ0v) is 12.6. The summed E-state index contributed by atoms with van der Waals surface area (Å²) in [5, 5.41) is 4.72. The largest absolute Gasteiger partial charge is 0.309 e. The Hall–Kier alpha value is -0.730. The molecule has 0 bridgehead atoms. The van der Waals surface area contributed by atoms with Crippen molar-refractivity contribution < 1.29 is 0 Å². The van der Waals surface area contributed by atoms with Gasteiger partial charge in [0.15, 0.2) is 0 Å². The number of benzene rings is 2. The van der Waals surface area contributed by atoms with E-state index in [1.807, 2.05) is 30.3 Å². The van der Waals surface area contributed by atoms with Gasteiger partial charge in [-0.15, -0.1) is 11.6 Å². The van der Waals surface area contributed by atoms with Crippen LogP contribution < -0.4 is 5.32 Å². The molecular weight excluding hydrogens is 301 g/mol. The van der Waals surface area contributed by atoms with Crippen LogP contribution >= 0.6 is 34.8 Å². The Balaban J connectivity index is 1.96. The Morgan fingerprint density at radius 1 is 0.842 bits per heavy atom. The van der Waals surface area contributed by atoms with Gasteiger partial charge in [0.2, 0.25) is 0 Å². The first-order valence-corrected chi connectivity index (χ1v) is 7.27. The van der Waals surface area contributed by atoms with Crippen molar-refractivity contribution >= 4 is 34.8 Å². The van der Waals surface area contributed by atoms with Gasteiger partial charge >= 0.3 is 0 Å². The summed E-state index contributed by atoms with van der Waals surface area (Å²) in [7, 11) is 0. The van der Waals surface area contributed by atoms with E-state index in [2.05, 4.69) is 17.4 Å². The van der Waals surface area contributed by atoms with E-state index in [1.54, 1.807) is 0 Å². The minimum atomic E-state index is 0.532. The molecular formula is C15H14Cl3N. The van der Waals surface area contributed by atoms with E-state index in [0.29, 0.717) is 22.5 Å². The molecule has 0 saturated carbocycles. The molecule has 0 heterocycles. The first-order chi connectivity index (χ1) is 9.20. The molecule has 0 aromatic heterocycles. The lowest BCUT2D eigenvalue weighted by atomic mass is 10.1. The molecule has 2 rings (SSSR count). The number of hydrogen-bond acceptors (Lipinski definition) is 1. The predicted octanol–water partition coefficient (Wildman–Crippen LogP) is 5.02. The van der Waals surface area contributed by atoms with Crippen LogP contribution in [-0.4, -0.2) is 0 Å². The van der Waals surface area contributed by atoms with Gasteiger partial charge in [0, 0.05) is 34.6 Å². The molecule has 4 heteroatoms. The van der Waals surface area contributed by atoms with Crippen molar-refractivity contribution in [3.8, 4) is 0 Å². The third kappa shape index (κ3) is 4.12. The first-order valence-electron chi connectivity index (χ1n) is 5.98. The van der Waals surface area contributed by atoms with Crippen LogP contribution in [0, 0.1) is 0 Å². The minimum absolute atomic E-state index is 0.532. The molecule has 0 atom stereocenters. The van der Waals surface area contributed by atoms with E-state index in [9.17, 15) is 0 Å². The highest BCUT2D eigenvalue weighted by molar-refractivity contribution is 6.35. The van der Waals surface area contributed by atoms with Crippen molar-refractivity contribution in [3.05, 3.63) is 69.2 Å². The average Bonchev–Trinajstić information content (AvgIpc) is 2.42. The molecule has 2 aromatic carbocycles. The van der Waals surface area contributed by atoms with Crippen molar-refractivity contribution in [1.29, 1.82) is 0 Å². The predicted molar refractivity (Wildman–Crippen MR) is 83.0 cm³/mol. The molecule has 0 aliphatic carbocycles. The SMILES string of the molecule is ClCc1cccc(CNCc2c(Cl)cccc2Cl)c1. The maximum Gasteiger partial charge on any atom is 0.0474 e. The van der Waals surface area contributed by atoms with Crippen molar-refractivity contribution in [3.63, 3.8) is 0 Å². The Morgan fingerprint density at radius 3 is 2.16 bits per heavy atom. The molecule has 1 nitrogen and oxygen atoms in total. The first kappa shape index (κ1) is 14.7. The van der Waals surface area contributed by atoms with Gasteiger partial charge in [0.25, 0.3) is 0 Å². The standard InChI is InChI=1S/C15H14Cl3N/c16-8-11-3-1-4-12(7-11)9-19-10-13-14(17)5-2-6-15(13)18/h1-7,19H,8-10H2. The number of rotatable bonds is 5. The summed E-state index contributed by atoms with van der Waals surface area (Å²) in [5.41, 5.74) is 3.25. The number of hydrogen-bond donors (Lipinski definition) is 1. The third-order valence-electron chi connectivity index (χ3n) is 2.84. The minimum Gasteiger partial charge on any atom is -0.309 e. The van der Waals surface area contributed by atoms with Crippen molar-refractivity contribution in [2.45, 2.75) is 19.0 Å². The number of halogens is 3. The highest BCUT2D eigenvalue weighted by atomic mass is 35.5. The van der Waals surface area contributed by atoms with Gasteiger partial charge < -0.3 is 5.32 Å². The van der Waals surface area contributed by atoms with Crippen LogP contribution in [0.2, 0.25) is 10.0 Å². The fraction of sp³-hybridized carbons (Fsp3) is 0.200. The van der Waals surface area contributed by atoms with E-state index in [1.165, 1.54) is 5.56 Å². The molecule has 2 aromatic rings. The van der Waals surface area contributed by atoms with E-state index < -0.39 is 0 Å². The lowest BCUT2D eigenvalue weighted by molar-refractivity contribution is 0.693. The molecule has 19 heavy (non-hydrogen) atoms. The van der Waals surface area contributed by atoms with Crippen molar-refractivity contribution in [1.82, 2.24) is 5.32 Å². The average molecular weight is 315 g/mol. The second-order valence-electron chi connectivity index (χ2n) is 4.26. The second-order valence-corrected chi connectivity index (χ2v) is 5.34. The summed E-state index contributed by atoms with van der Waals surface area (Å²) in [6, 6.07) is 13.7. The molecule has 0 fully saturated rings. The van der Waals surface area contributed by atoms with E-state index >= 15 is 0 Å². The zero-order valence-electron chi connectivity index (χ0n) is 10.3. The molecule has 0 spiro atoms. The summed E-state index contributed by atoms with van der Waals surface area (Å²) >= 11 is 18.0. The molecule has 0 radical (unpaired) electrons. The maximum absolute atomic E-state index is 6.12. The maximum atomic E-state index is 6.12. The summed E-state index contributed by atoms with van der Waals surface area (Å²) in [6.45, 7) is 1.40. The number of nitrogens with one attached hydrogen (secondary N) is 1. The Labute approximate surface area is 128 Å². The molecule has 0 unspecified atom stereocenters. The number of alkyl halides is 1. The van der Waals surface area contributed by atoms with Gasteiger partial charge in [-0.05, 0) is 23.3 Å². The van der Waals surface area contributed by atoms with Crippen molar-refractivity contribution in [2.75, 3.05) is 0 Å². The van der Waals surface area contributed by atoms with Crippen LogP contribution in [0.1, 0.15) is 16.7 Å². The highest BCUT2D eigenvalue weighted by Crippen LogP contribution is 2.23. The molecule has 100 valence electrons. The van der Waals surface area contributed by atoms with Crippen LogP contribution in [0.25, 0.3) is 0 Å². The van der Waals surface area contributed by atoms with Gasteiger partial charge in [-0.25, -0.2) is 0 Å². The van der Waals surface area contributed by atoms with Gasteiger partial charge in [0.05, 0.1) is 0 Å². The Morgan fingerprint density at radius 2 is 1.47 bits per heavy atom. The third-order valence-corrected chi connectivity index (χ3v) is 3.86. The van der Waals surface area contributed by atoms with Crippen LogP contribution in [0.15, 0.2) is 42.5 Å². The zero-order chi connectivity index (χ0) is 13.7. The van der Waals surface area contributed by atoms with Crippen LogP contribution in [0.5, 0.6) is 0 Å². The van der Waals surface area contributed by atoms with Gasteiger partial charge in [0.1, 0.15) is 0 Å². The second kappa shape index (κ2) is 7.16. The lowest BCUT2D eigenvalue weighted by Crippen LogP contribution is -2.13. The molecule has 0 aliphatic rings. The quantitative estimate of drug-likeness (QED) is 0.764. The molecule has 0 aliphatic heterocycles. The van der Waals surface area contributed by atoms with Gasteiger partial charge in [-0.3, -0.25) is 0 Å². The Bertz CT molecular complexity index is 535. The molecule has 1 N–H and O–H groups in total. The monoisotopic (exact) mass is 313 g/mol. The van der Waals surface area contributed by atoms with Crippen LogP contribution in [0.3, 0.4) is 0 Å². The fourth-order valence-corrected chi connectivity index (χ4v) is 2.55. The molecule has 0 amide bonds. The van der Waals surface area contributed by atoms with E-state index in [0.717, 1.165) is 17.7 Å². The molecule has 0 saturated heterocycles. The summed E-state index contributed by atoms with van der Waals surface area (Å²) in [6.07, 6.45) is 0. The summed E-state index contributed by atoms with van der Waals surface area (Å²) in [5.74, 6) is 0.532. The Kier molecular flexibility index (Phi) is 5.53. The van der Waals surface area contributed by atoms with E-state index in [-0.39, 0.29) is 0 Å². The highest BCUT2D eigenvalue weighted by Gasteiger charge is 2.04. The summed E-state index contributed by atoms with van der Waals surface area (Å²) < 4.78 is 0.